The summed E-state index contributed by atoms with van der Waals surface area (Å²) in [7, 11) is 1.67. The third-order valence-electron chi connectivity index (χ3n) is 3.75. The van der Waals surface area contributed by atoms with Gasteiger partial charge in [0.2, 0.25) is 0 Å². The normalized spacial score (nSPS) is 13.7. The first kappa shape index (κ1) is 15.5. The minimum Gasteiger partial charge on any atom is -0.497 e. The predicted octanol–water partition coefficient (Wildman–Crippen LogP) is 4.64. The van der Waals surface area contributed by atoms with Crippen molar-refractivity contribution in [1.29, 1.82) is 0 Å². The molecule has 2 nitrogen and oxygen atoms in total. The molecule has 3 heteroatoms. The predicted molar refractivity (Wildman–Crippen MR) is 84.0 cm³/mol. The van der Waals surface area contributed by atoms with Crippen LogP contribution in [0.2, 0.25) is 0 Å². The van der Waals surface area contributed by atoms with Gasteiger partial charge in [0.25, 0.3) is 0 Å². The van der Waals surface area contributed by atoms with Gasteiger partial charge in [-0.15, -0.1) is 0 Å². The van der Waals surface area contributed by atoms with E-state index >= 15 is 0 Å². The molecule has 0 saturated heterocycles. The highest BCUT2D eigenvalue weighted by Gasteiger charge is 2.14. The number of ether oxygens (including phenoxy) is 1. The van der Waals surface area contributed by atoms with Gasteiger partial charge in [0, 0.05) is 12.1 Å². The lowest BCUT2D eigenvalue weighted by atomic mass is 10.0. The first-order chi connectivity index (χ1) is 10.1. The second kappa shape index (κ2) is 7.23. The highest BCUT2D eigenvalue weighted by atomic mass is 19.1. The minimum absolute atomic E-state index is 0.164. The van der Waals surface area contributed by atoms with Crippen molar-refractivity contribution >= 4 is 0 Å². The van der Waals surface area contributed by atoms with E-state index in [-0.39, 0.29) is 17.9 Å². The molecule has 1 unspecified atom stereocenters. The van der Waals surface area contributed by atoms with E-state index in [2.05, 4.69) is 31.3 Å². The van der Waals surface area contributed by atoms with Crippen LogP contribution in [0.1, 0.15) is 43.5 Å². The summed E-state index contributed by atoms with van der Waals surface area (Å²) in [4.78, 5) is 0. The molecule has 2 atom stereocenters. The van der Waals surface area contributed by atoms with Crippen LogP contribution in [-0.2, 0) is 0 Å². The monoisotopic (exact) mass is 287 g/mol. The van der Waals surface area contributed by atoms with E-state index in [4.69, 9.17) is 4.74 Å². The molecule has 2 rings (SSSR count). The molecule has 0 bridgehead atoms. The fourth-order valence-corrected chi connectivity index (χ4v) is 2.44. The molecular formula is C18H22FNO. The van der Waals surface area contributed by atoms with Crippen molar-refractivity contribution in [3.05, 3.63) is 65.5 Å². The molecule has 0 spiro atoms. The summed E-state index contributed by atoms with van der Waals surface area (Å²) >= 11 is 0. The summed E-state index contributed by atoms with van der Waals surface area (Å²) in [6.07, 6.45) is 0.984. The highest BCUT2D eigenvalue weighted by Crippen LogP contribution is 2.24. The number of hydrogen-bond donors (Lipinski definition) is 1. The number of benzene rings is 2. The SMILES string of the molecule is CCC(N[C@H](C)c1ccc(F)cc1)c1ccc(OC)cc1. The van der Waals surface area contributed by atoms with Gasteiger partial charge in [-0.3, -0.25) is 0 Å². The largest absolute Gasteiger partial charge is 0.497 e. The van der Waals surface area contributed by atoms with Gasteiger partial charge in [-0.2, -0.15) is 0 Å². The Morgan fingerprint density at radius 3 is 2.10 bits per heavy atom. The molecule has 0 aliphatic rings. The Morgan fingerprint density at radius 2 is 1.57 bits per heavy atom. The van der Waals surface area contributed by atoms with Crippen LogP contribution in [-0.4, -0.2) is 7.11 Å². The van der Waals surface area contributed by atoms with Crippen LogP contribution in [0.3, 0.4) is 0 Å². The van der Waals surface area contributed by atoms with E-state index < -0.39 is 0 Å². The zero-order valence-electron chi connectivity index (χ0n) is 12.8. The van der Waals surface area contributed by atoms with Crippen LogP contribution >= 0.6 is 0 Å². The van der Waals surface area contributed by atoms with Crippen molar-refractivity contribution in [2.24, 2.45) is 0 Å². The Kier molecular flexibility index (Phi) is 5.34. The maximum atomic E-state index is 13.0. The minimum atomic E-state index is -0.201. The summed E-state index contributed by atoms with van der Waals surface area (Å²) in [5.41, 5.74) is 2.32. The molecule has 0 aliphatic carbocycles. The average molecular weight is 287 g/mol. The van der Waals surface area contributed by atoms with Gasteiger partial charge < -0.3 is 10.1 Å². The summed E-state index contributed by atoms with van der Waals surface area (Å²) in [5, 5.41) is 3.59. The van der Waals surface area contributed by atoms with Crippen molar-refractivity contribution < 1.29 is 9.13 Å². The molecule has 0 aliphatic heterocycles. The number of halogens is 1. The van der Waals surface area contributed by atoms with E-state index in [0.717, 1.165) is 17.7 Å². The van der Waals surface area contributed by atoms with Gasteiger partial charge in [-0.1, -0.05) is 31.2 Å². The second-order valence-corrected chi connectivity index (χ2v) is 5.17. The summed E-state index contributed by atoms with van der Waals surface area (Å²) in [6, 6.07) is 15.2. The fourth-order valence-electron chi connectivity index (χ4n) is 2.44. The molecule has 0 saturated carbocycles. The van der Waals surface area contributed by atoms with E-state index in [1.54, 1.807) is 7.11 Å². The van der Waals surface area contributed by atoms with E-state index in [1.165, 1.54) is 17.7 Å². The second-order valence-electron chi connectivity index (χ2n) is 5.17. The Morgan fingerprint density at radius 1 is 1.00 bits per heavy atom. The lowest BCUT2D eigenvalue weighted by molar-refractivity contribution is 0.413. The lowest BCUT2D eigenvalue weighted by Crippen LogP contribution is -2.24. The molecule has 0 aromatic heterocycles. The van der Waals surface area contributed by atoms with Gasteiger partial charge in [0.05, 0.1) is 7.11 Å². The molecule has 1 N–H and O–H groups in total. The van der Waals surface area contributed by atoms with E-state index in [9.17, 15) is 4.39 Å². The van der Waals surface area contributed by atoms with Crippen molar-refractivity contribution in [2.75, 3.05) is 7.11 Å². The van der Waals surface area contributed by atoms with E-state index in [0.29, 0.717) is 0 Å². The van der Waals surface area contributed by atoms with Crippen LogP contribution in [0, 0.1) is 5.82 Å². The first-order valence-electron chi connectivity index (χ1n) is 7.29. The third kappa shape index (κ3) is 4.05. The summed E-state index contributed by atoms with van der Waals surface area (Å²) < 4.78 is 18.2. The summed E-state index contributed by atoms with van der Waals surface area (Å²) in [5.74, 6) is 0.660. The first-order valence-corrected chi connectivity index (χ1v) is 7.29. The lowest BCUT2D eigenvalue weighted by Gasteiger charge is -2.23. The Hall–Kier alpha value is -1.87. The van der Waals surface area contributed by atoms with Crippen LogP contribution in [0.5, 0.6) is 5.75 Å². The Balaban J connectivity index is 2.08. The molecule has 2 aromatic carbocycles. The molecule has 112 valence electrons. The van der Waals surface area contributed by atoms with Gasteiger partial charge in [0.1, 0.15) is 11.6 Å². The molecule has 0 fully saturated rings. The molecular weight excluding hydrogens is 265 g/mol. The van der Waals surface area contributed by atoms with Crippen LogP contribution in [0.15, 0.2) is 48.5 Å². The number of nitrogens with one attached hydrogen (secondary N) is 1. The topological polar surface area (TPSA) is 21.3 Å². The molecule has 0 heterocycles. The van der Waals surface area contributed by atoms with Crippen molar-refractivity contribution in [1.82, 2.24) is 5.32 Å². The smallest absolute Gasteiger partial charge is 0.123 e. The van der Waals surface area contributed by atoms with E-state index in [1.807, 2.05) is 24.3 Å². The Bertz CT molecular complexity index is 550. The van der Waals surface area contributed by atoms with Gasteiger partial charge >= 0.3 is 0 Å². The molecule has 21 heavy (non-hydrogen) atoms. The Labute approximate surface area is 126 Å². The molecule has 0 radical (unpaired) electrons. The number of rotatable bonds is 6. The van der Waals surface area contributed by atoms with Gasteiger partial charge in [0.15, 0.2) is 0 Å². The van der Waals surface area contributed by atoms with Gasteiger partial charge in [-0.05, 0) is 48.7 Å². The third-order valence-corrected chi connectivity index (χ3v) is 3.75. The zero-order valence-corrected chi connectivity index (χ0v) is 12.8. The fraction of sp³-hybridized carbons (Fsp3) is 0.333. The average Bonchev–Trinajstić information content (AvgIpc) is 2.53. The van der Waals surface area contributed by atoms with Crippen LogP contribution in [0.25, 0.3) is 0 Å². The van der Waals surface area contributed by atoms with Gasteiger partial charge in [-0.25, -0.2) is 4.39 Å². The highest BCUT2D eigenvalue weighted by molar-refractivity contribution is 5.29. The van der Waals surface area contributed by atoms with Crippen molar-refractivity contribution in [3.8, 4) is 5.75 Å². The van der Waals surface area contributed by atoms with Crippen molar-refractivity contribution in [2.45, 2.75) is 32.4 Å². The number of hydrogen-bond acceptors (Lipinski definition) is 2. The standard InChI is InChI=1S/C18H22FNO/c1-4-18(15-7-11-17(21-3)12-8-15)20-13(2)14-5-9-16(19)10-6-14/h5-13,18,20H,4H2,1-3H3/t13-,18?/m1/s1. The molecule has 2 aromatic rings. The summed E-state index contributed by atoms with van der Waals surface area (Å²) in [6.45, 7) is 4.25. The maximum Gasteiger partial charge on any atom is 0.123 e. The van der Waals surface area contributed by atoms with Crippen molar-refractivity contribution in [3.63, 3.8) is 0 Å². The van der Waals surface area contributed by atoms with Crippen LogP contribution < -0.4 is 10.1 Å². The zero-order chi connectivity index (χ0) is 15.2. The maximum absolute atomic E-state index is 13.0. The number of methoxy groups -OCH3 is 1. The quantitative estimate of drug-likeness (QED) is 0.836. The molecule has 0 amide bonds. The van der Waals surface area contributed by atoms with Crippen LogP contribution in [0.4, 0.5) is 4.39 Å².